The van der Waals surface area contributed by atoms with E-state index in [1.165, 1.54) is 18.4 Å². The number of nitrogens with zero attached hydrogens (tertiary/aromatic N) is 1. The van der Waals surface area contributed by atoms with E-state index < -0.39 is 5.97 Å². The van der Waals surface area contributed by atoms with Gasteiger partial charge in [-0.05, 0) is 42.8 Å². The Hall–Kier alpha value is -3.22. The van der Waals surface area contributed by atoms with Gasteiger partial charge in [-0.15, -0.1) is 0 Å². The highest BCUT2D eigenvalue weighted by Gasteiger charge is 2.15. The van der Waals surface area contributed by atoms with E-state index in [9.17, 15) is 9.59 Å². The lowest BCUT2D eigenvalue weighted by Gasteiger charge is -2.21. The van der Waals surface area contributed by atoms with Gasteiger partial charge in [0.25, 0.3) is 5.91 Å². The van der Waals surface area contributed by atoms with Crippen LogP contribution in [0.5, 0.6) is 11.5 Å². The monoisotopic (exact) mass is 373 g/mol. The number of hydrogen-bond donors (Lipinski definition) is 0. The average Bonchev–Trinajstić information content (AvgIpc) is 3.22. The van der Waals surface area contributed by atoms with Crippen molar-refractivity contribution >= 4 is 18.0 Å². The predicted molar refractivity (Wildman–Crippen MR) is 99.3 cm³/mol. The highest BCUT2D eigenvalue weighted by atomic mass is 16.5. The van der Waals surface area contributed by atoms with Gasteiger partial charge in [-0.2, -0.15) is 0 Å². The molecule has 0 unspecified atom stereocenters. The smallest absolute Gasteiger partial charge is 0.331 e. The third-order valence-corrected chi connectivity index (χ3v) is 3.82. The molecule has 0 fully saturated rings. The first-order valence-electron chi connectivity index (χ1n) is 8.44. The third kappa shape index (κ3) is 5.91. The van der Waals surface area contributed by atoms with Crippen LogP contribution in [0.2, 0.25) is 0 Å². The SMILES string of the molecule is CCN(Cc1ccc(OC)c(OC)c1)C(=O)COC(=O)/C=C/c1ccco1. The molecule has 0 spiro atoms. The summed E-state index contributed by atoms with van der Waals surface area (Å²) in [4.78, 5) is 25.6. The van der Waals surface area contributed by atoms with E-state index in [0.29, 0.717) is 30.3 Å². The van der Waals surface area contributed by atoms with Crippen molar-refractivity contribution in [2.24, 2.45) is 0 Å². The number of methoxy groups -OCH3 is 2. The minimum Gasteiger partial charge on any atom is -0.493 e. The van der Waals surface area contributed by atoms with E-state index in [2.05, 4.69) is 0 Å². The minimum absolute atomic E-state index is 0.285. The normalized spacial score (nSPS) is 10.6. The van der Waals surface area contributed by atoms with Gasteiger partial charge in [-0.1, -0.05) is 6.07 Å². The first-order chi connectivity index (χ1) is 13.1. The number of benzene rings is 1. The van der Waals surface area contributed by atoms with Gasteiger partial charge in [0, 0.05) is 19.2 Å². The Morgan fingerprint density at radius 2 is 1.93 bits per heavy atom. The molecule has 1 amide bonds. The summed E-state index contributed by atoms with van der Waals surface area (Å²) >= 11 is 0. The number of amides is 1. The van der Waals surface area contributed by atoms with Crippen LogP contribution in [0.25, 0.3) is 6.08 Å². The van der Waals surface area contributed by atoms with Gasteiger partial charge in [0.05, 0.1) is 20.5 Å². The Labute approximate surface area is 158 Å². The van der Waals surface area contributed by atoms with Crippen molar-refractivity contribution in [1.29, 1.82) is 0 Å². The molecule has 7 nitrogen and oxygen atoms in total. The summed E-state index contributed by atoms with van der Waals surface area (Å²) in [5, 5.41) is 0. The Morgan fingerprint density at radius 1 is 1.15 bits per heavy atom. The van der Waals surface area contributed by atoms with Crippen LogP contribution in [0, 0.1) is 0 Å². The molecule has 2 aromatic rings. The quantitative estimate of drug-likeness (QED) is 0.497. The maximum Gasteiger partial charge on any atom is 0.331 e. The molecule has 7 heteroatoms. The molecule has 2 rings (SSSR count). The summed E-state index contributed by atoms with van der Waals surface area (Å²) in [6.45, 7) is 2.38. The second kappa shape index (κ2) is 10.1. The molecule has 0 aliphatic rings. The fraction of sp³-hybridized carbons (Fsp3) is 0.300. The number of likely N-dealkylation sites (N-methyl/N-ethyl adjacent to an activating group) is 1. The molecule has 0 saturated heterocycles. The molecule has 1 heterocycles. The lowest BCUT2D eigenvalue weighted by molar-refractivity contribution is -0.148. The van der Waals surface area contributed by atoms with Gasteiger partial charge in [-0.3, -0.25) is 4.79 Å². The fourth-order valence-corrected chi connectivity index (χ4v) is 2.38. The van der Waals surface area contributed by atoms with Crippen molar-refractivity contribution in [1.82, 2.24) is 4.90 Å². The number of hydrogen-bond acceptors (Lipinski definition) is 6. The second-order valence-electron chi connectivity index (χ2n) is 5.55. The topological polar surface area (TPSA) is 78.2 Å². The standard InChI is InChI=1S/C20H23NO6/c1-4-21(13-15-7-9-17(24-2)18(12-15)25-3)19(22)14-27-20(23)10-8-16-6-5-11-26-16/h5-12H,4,13-14H2,1-3H3/b10-8+. The zero-order valence-corrected chi connectivity index (χ0v) is 15.6. The van der Waals surface area contributed by atoms with Crippen LogP contribution in [0.4, 0.5) is 0 Å². The van der Waals surface area contributed by atoms with Crippen LogP contribution in [0.15, 0.2) is 47.1 Å². The molecule has 27 heavy (non-hydrogen) atoms. The number of rotatable bonds is 9. The first kappa shape index (κ1) is 20.1. The molecule has 0 atom stereocenters. The van der Waals surface area contributed by atoms with Gasteiger partial charge in [0.1, 0.15) is 5.76 Å². The van der Waals surface area contributed by atoms with Crippen LogP contribution < -0.4 is 9.47 Å². The van der Waals surface area contributed by atoms with Crippen molar-refractivity contribution in [2.75, 3.05) is 27.4 Å². The van der Waals surface area contributed by atoms with Crippen LogP contribution in [0.3, 0.4) is 0 Å². The molecule has 0 bridgehead atoms. The maximum absolute atomic E-state index is 12.3. The van der Waals surface area contributed by atoms with E-state index >= 15 is 0 Å². The van der Waals surface area contributed by atoms with E-state index in [4.69, 9.17) is 18.6 Å². The first-order valence-corrected chi connectivity index (χ1v) is 8.44. The molecular formula is C20H23NO6. The molecule has 0 aliphatic carbocycles. The van der Waals surface area contributed by atoms with Crippen molar-refractivity contribution < 1.29 is 28.2 Å². The molecule has 144 valence electrons. The summed E-state index contributed by atoms with van der Waals surface area (Å²) < 4.78 is 20.6. The summed E-state index contributed by atoms with van der Waals surface area (Å²) in [5.41, 5.74) is 0.881. The highest BCUT2D eigenvalue weighted by Crippen LogP contribution is 2.28. The lowest BCUT2D eigenvalue weighted by atomic mass is 10.2. The van der Waals surface area contributed by atoms with E-state index in [1.54, 1.807) is 37.3 Å². The Morgan fingerprint density at radius 3 is 2.56 bits per heavy atom. The van der Waals surface area contributed by atoms with Crippen LogP contribution in [-0.2, 0) is 20.9 Å². The molecular weight excluding hydrogens is 350 g/mol. The Bertz CT molecular complexity index is 782. The molecule has 1 aromatic heterocycles. The van der Waals surface area contributed by atoms with Crippen LogP contribution >= 0.6 is 0 Å². The van der Waals surface area contributed by atoms with Crippen molar-refractivity contribution in [3.8, 4) is 11.5 Å². The van der Waals surface area contributed by atoms with Gasteiger partial charge in [0.15, 0.2) is 18.1 Å². The molecule has 0 saturated carbocycles. The van der Waals surface area contributed by atoms with Crippen LogP contribution in [-0.4, -0.2) is 44.1 Å². The second-order valence-corrected chi connectivity index (χ2v) is 5.55. The molecule has 0 aliphatic heterocycles. The van der Waals surface area contributed by atoms with Crippen molar-refractivity contribution in [2.45, 2.75) is 13.5 Å². The zero-order chi connectivity index (χ0) is 19.6. The number of ether oxygens (including phenoxy) is 3. The molecule has 0 N–H and O–H groups in total. The number of carbonyl (C=O) groups excluding carboxylic acids is 2. The highest BCUT2D eigenvalue weighted by molar-refractivity contribution is 5.88. The predicted octanol–water partition coefficient (Wildman–Crippen LogP) is 2.90. The number of esters is 1. The van der Waals surface area contributed by atoms with Crippen molar-refractivity contribution in [3.05, 3.63) is 54.0 Å². The summed E-state index contributed by atoms with van der Waals surface area (Å²) in [6.07, 6.45) is 4.20. The van der Waals surface area contributed by atoms with Crippen LogP contribution in [0.1, 0.15) is 18.2 Å². The molecule has 1 aromatic carbocycles. The van der Waals surface area contributed by atoms with E-state index in [1.807, 2.05) is 19.1 Å². The summed E-state index contributed by atoms with van der Waals surface area (Å²) in [5.74, 6) is 0.844. The maximum atomic E-state index is 12.3. The third-order valence-electron chi connectivity index (χ3n) is 3.82. The van der Waals surface area contributed by atoms with Crippen molar-refractivity contribution in [3.63, 3.8) is 0 Å². The van der Waals surface area contributed by atoms with Gasteiger partial charge in [0.2, 0.25) is 0 Å². The van der Waals surface area contributed by atoms with Gasteiger partial charge < -0.3 is 23.5 Å². The van der Waals surface area contributed by atoms with E-state index in [0.717, 1.165) is 5.56 Å². The van der Waals surface area contributed by atoms with E-state index in [-0.39, 0.29) is 12.5 Å². The van der Waals surface area contributed by atoms with Gasteiger partial charge >= 0.3 is 5.97 Å². The molecule has 0 radical (unpaired) electrons. The largest absolute Gasteiger partial charge is 0.493 e. The Balaban J connectivity index is 1.90. The summed E-state index contributed by atoms with van der Waals surface area (Å²) in [7, 11) is 3.12. The lowest BCUT2D eigenvalue weighted by Crippen LogP contribution is -2.34. The zero-order valence-electron chi connectivity index (χ0n) is 15.6. The number of furan rings is 1. The Kier molecular flexibility index (Phi) is 7.49. The average molecular weight is 373 g/mol. The fourth-order valence-electron chi connectivity index (χ4n) is 2.38. The minimum atomic E-state index is -0.609. The van der Waals surface area contributed by atoms with Gasteiger partial charge in [-0.25, -0.2) is 4.79 Å². The summed E-state index contributed by atoms with van der Waals surface area (Å²) in [6, 6.07) is 8.87. The number of carbonyl (C=O) groups is 2.